The van der Waals surface area contributed by atoms with Gasteiger partial charge in [0.05, 0.1) is 6.54 Å². The number of nitrogens with zero attached hydrogens (tertiary/aromatic N) is 1. The van der Waals surface area contributed by atoms with E-state index in [-0.39, 0.29) is 5.78 Å². The van der Waals surface area contributed by atoms with Gasteiger partial charge >= 0.3 is 0 Å². The van der Waals surface area contributed by atoms with E-state index in [0.29, 0.717) is 18.5 Å². The van der Waals surface area contributed by atoms with Gasteiger partial charge in [-0.1, -0.05) is 19.8 Å². The Labute approximate surface area is 116 Å². The zero-order chi connectivity index (χ0) is 14.0. The zero-order valence-corrected chi connectivity index (χ0v) is 12.6. The molecule has 3 nitrogen and oxygen atoms in total. The molecule has 1 heterocycles. The van der Waals surface area contributed by atoms with Crippen LogP contribution in [0.4, 0.5) is 0 Å². The minimum atomic E-state index is 0.238. The number of likely N-dealkylation sites (N-methyl/N-ethyl adjacent to an activating group) is 1. The van der Waals surface area contributed by atoms with Crippen molar-refractivity contribution in [1.29, 1.82) is 0 Å². The molecule has 0 spiro atoms. The predicted molar refractivity (Wildman–Crippen MR) is 78.6 cm³/mol. The number of H-pyrrole nitrogens is 1. The number of ketones is 1. The average Bonchev–Trinajstić information content (AvgIpc) is 2.69. The van der Waals surface area contributed by atoms with Gasteiger partial charge < -0.3 is 4.98 Å². The molecule has 1 N–H and O–H groups in total. The molecular weight excluding hydrogens is 236 g/mol. The van der Waals surface area contributed by atoms with Gasteiger partial charge in [-0.15, -0.1) is 0 Å². The fraction of sp³-hybridized carbons (Fsp3) is 0.688. The van der Waals surface area contributed by atoms with Crippen molar-refractivity contribution in [2.24, 2.45) is 5.92 Å². The fourth-order valence-corrected chi connectivity index (χ4v) is 3.39. The number of aromatic nitrogens is 1. The van der Waals surface area contributed by atoms with Gasteiger partial charge in [0.1, 0.15) is 0 Å². The molecule has 0 saturated heterocycles. The van der Waals surface area contributed by atoms with E-state index < -0.39 is 0 Å². The van der Waals surface area contributed by atoms with Crippen LogP contribution in [0.25, 0.3) is 0 Å². The maximum absolute atomic E-state index is 12.4. The summed E-state index contributed by atoms with van der Waals surface area (Å²) in [5, 5.41) is 0. The summed E-state index contributed by atoms with van der Waals surface area (Å²) >= 11 is 0. The van der Waals surface area contributed by atoms with Crippen LogP contribution in [-0.2, 0) is 0 Å². The first-order valence-electron chi connectivity index (χ1n) is 7.38. The molecule has 0 radical (unpaired) electrons. The van der Waals surface area contributed by atoms with Gasteiger partial charge in [-0.05, 0) is 45.7 Å². The molecule has 1 aromatic heterocycles. The van der Waals surface area contributed by atoms with Crippen molar-refractivity contribution in [3.05, 3.63) is 23.0 Å². The van der Waals surface area contributed by atoms with Crippen molar-refractivity contribution in [1.82, 2.24) is 9.88 Å². The zero-order valence-electron chi connectivity index (χ0n) is 12.6. The molecule has 1 aliphatic rings. The van der Waals surface area contributed by atoms with Crippen molar-refractivity contribution < 1.29 is 4.79 Å². The second-order valence-corrected chi connectivity index (χ2v) is 6.16. The van der Waals surface area contributed by atoms with E-state index in [4.69, 9.17) is 0 Å². The van der Waals surface area contributed by atoms with Crippen LogP contribution in [0.15, 0.2) is 6.07 Å². The lowest BCUT2D eigenvalue weighted by Gasteiger charge is -2.35. The van der Waals surface area contributed by atoms with Gasteiger partial charge in [0.25, 0.3) is 0 Å². The van der Waals surface area contributed by atoms with Crippen molar-refractivity contribution in [3.63, 3.8) is 0 Å². The molecule has 0 bridgehead atoms. The van der Waals surface area contributed by atoms with Gasteiger partial charge in [-0.3, -0.25) is 9.69 Å². The van der Waals surface area contributed by atoms with Gasteiger partial charge in [-0.25, -0.2) is 0 Å². The third-order valence-electron chi connectivity index (χ3n) is 4.48. The molecule has 1 fully saturated rings. The Morgan fingerprint density at radius 2 is 2.05 bits per heavy atom. The van der Waals surface area contributed by atoms with Crippen LogP contribution in [0.5, 0.6) is 0 Å². The maximum atomic E-state index is 12.4. The lowest BCUT2D eigenvalue weighted by molar-refractivity contribution is 0.0851. The smallest absolute Gasteiger partial charge is 0.178 e. The topological polar surface area (TPSA) is 36.1 Å². The van der Waals surface area contributed by atoms with Crippen LogP contribution in [0.3, 0.4) is 0 Å². The van der Waals surface area contributed by atoms with Gasteiger partial charge in [-0.2, -0.15) is 0 Å². The second-order valence-electron chi connectivity index (χ2n) is 6.16. The highest BCUT2D eigenvalue weighted by molar-refractivity contribution is 5.98. The molecule has 0 amide bonds. The Morgan fingerprint density at radius 1 is 1.37 bits per heavy atom. The first-order valence-corrected chi connectivity index (χ1v) is 7.38. The Morgan fingerprint density at radius 3 is 2.63 bits per heavy atom. The normalized spacial score (nSPS) is 23.8. The standard InChI is InChI=1S/C16H26N2O/c1-11-7-5-6-8-15(11)18(4)10-16(19)14-9-12(2)17-13(14)3/h9,11,15,17H,5-8,10H2,1-4H3. The number of rotatable bonds is 4. The highest BCUT2D eigenvalue weighted by atomic mass is 16.1. The molecule has 1 aliphatic carbocycles. The number of nitrogens with one attached hydrogen (secondary N) is 1. The summed E-state index contributed by atoms with van der Waals surface area (Å²) in [5.74, 6) is 0.947. The van der Waals surface area contributed by atoms with Crippen LogP contribution in [0.2, 0.25) is 0 Å². The van der Waals surface area contributed by atoms with E-state index in [9.17, 15) is 4.79 Å². The van der Waals surface area contributed by atoms with Crippen LogP contribution in [-0.4, -0.2) is 35.3 Å². The average molecular weight is 262 g/mol. The van der Waals surface area contributed by atoms with E-state index in [1.54, 1.807) is 0 Å². The molecule has 2 rings (SSSR count). The Hall–Kier alpha value is -1.09. The number of aryl methyl sites for hydroxylation is 2. The third-order valence-corrected chi connectivity index (χ3v) is 4.48. The first kappa shape index (κ1) is 14.3. The minimum Gasteiger partial charge on any atom is -0.362 e. The minimum absolute atomic E-state index is 0.238. The highest BCUT2D eigenvalue weighted by Crippen LogP contribution is 2.27. The number of Topliss-reactive ketones (excluding diaryl/α,β-unsaturated/α-hetero) is 1. The van der Waals surface area contributed by atoms with Crippen molar-refractivity contribution in [2.75, 3.05) is 13.6 Å². The van der Waals surface area contributed by atoms with E-state index in [0.717, 1.165) is 17.0 Å². The summed E-state index contributed by atoms with van der Waals surface area (Å²) in [4.78, 5) is 17.8. The predicted octanol–water partition coefficient (Wildman–Crippen LogP) is 3.32. The number of hydrogen-bond donors (Lipinski definition) is 1. The molecule has 106 valence electrons. The van der Waals surface area contributed by atoms with E-state index in [2.05, 4.69) is 23.9 Å². The van der Waals surface area contributed by atoms with Crippen molar-refractivity contribution in [3.8, 4) is 0 Å². The Bertz CT molecular complexity index is 450. The quantitative estimate of drug-likeness (QED) is 0.845. The number of carbonyl (C=O) groups is 1. The fourth-order valence-electron chi connectivity index (χ4n) is 3.39. The lowest BCUT2D eigenvalue weighted by Crippen LogP contribution is -2.41. The molecule has 19 heavy (non-hydrogen) atoms. The molecular formula is C16H26N2O. The lowest BCUT2D eigenvalue weighted by atomic mass is 9.85. The molecule has 0 aromatic carbocycles. The molecule has 0 aliphatic heterocycles. The van der Waals surface area contributed by atoms with Gasteiger partial charge in [0.15, 0.2) is 5.78 Å². The Balaban J connectivity index is 2.00. The maximum Gasteiger partial charge on any atom is 0.178 e. The summed E-state index contributed by atoms with van der Waals surface area (Å²) in [7, 11) is 2.10. The SMILES string of the molecule is Cc1cc(C(=O)CN(C)C2CCCCC2C)c(C)[nH]1. The van der Waals surface area contributed by atoms with Crippen LogP contribution < -0.4 is 0 Å². The molecule has 3 heteroatoms. The van der Waals surface area contributed by atoms with Crippen molar-refractivity contribution >= 4 is 5.78 Å². The molecule has 1 aromatic rings. The van der Waals surface area contributed by atoms with E-state index >= 15 is 0 Å². The monoisotopic (exact) mass is 262 g/mol. The first-order chi connectivity index (χ1) is 8.99. The largest absolute Gasteiger partial charge is 0.362 e. The van der Waals surface area contributed by atoms with Crippen LogP contribution in [0.1, 0.15) is 54.4 Å². The Kier molecular flexibility index (Phi) is 4.46. The summed E-state index contributed by atoms with van der Waals surface area (Å²) in [6.45, 7) is 6.82. The molecule has 2 atom stereocenters. The number of carbonyl (C=O) groups excluding carboxylic acids is 1. The molecule has 2 unspecified atom stereocenters. The van der Waals surface area contributed by atoms with Gasteiger partial charge in [0.2, 0.25) is 0 Å². The summed E-state index contributed by atoms with van der Waals surface area (Å²) in [6.07, 6.45) is 5.17. The highest BCUT2D eigenvalue weighted by Gasteiger charge is 2.26. The number of hydrogen-bond acceptors (Lipinski definition) is 2. The van der Waals surface area contributed by atoms with Crippen LogP contribution >= 0.6 is 0 Å². The van der Waals surface area contributed by atoms with Gasteiger partial charge in [0, 0.05) is 23.0 Å². The molecule has 1 saturated carbocycles. The number of aromatic amines is 1. The second kappa shape index (κ2) is 5.91. The summed E-state index contributed by atoms with van der Waals surface area (Å²) in [5.41, 5.74) is 2.91. The van der Waals surface area contributed by atoms with Crippen LogP contribution in [0, 0.1) is 19.8 Å². The third kappa shape index (κ3) is 3.27. The summed E-state index contributed by atoms with van der Waals surface area (Å²) < 4.78 is 0. The van der Waals surface area contributed by atoms with E-state index in [1.807, 2.05) is 19.9 Å². The van der Waals surface area contributed by atoms with Crippen molar-refractivity contribution in [2.45, 2.75) is 52.5 Å². The van der Waals surface area contributed by atoms with E-state index in [1.165, 1.54) is 25.7 Å². The summed E-state index contributed by atoms with van der Waals surface area (Å²) in [6, 6.07) is 2.54.